The summed E-state index contributed by atoms with van der Waals surface area (Å²) >= 11 is 0. The Kier molecular flexibility index (Phi) is 6.95. The highest BCUT2D eigenvalue weighted by molar-refractivity contribution is 5.99. The molecule has 148 valence electrons. The van der Waals surface area contributed by atoms with Gasteiger partial charge in [0.25, 0.3) is 11.8 Å². The Balaban J connectivity index is 1.55. The number of nitrogens with zero attached hydrogens (tertiary/aromatic N) is 1. The summed E-state index contributed by atoms with van der Waals surface area (Å²) in [4.78, 5) is 28.9. The van der Waals surface area contributed by atoms with Crippen molar-refractivity contribution < 1.29 is 14.3 Å². The van der Waals surface area contributed by atoms with Crippen molar-refractivity contribution in [3.63, 3.8) is 0 Å². The number of nitrogens with one attached hydrogen (secondary N) is 2. The Morgan fingerprint density at radius 1 is 0.931 bits per heavy atom. The fourth-order valence-electron chi connectivity index (χ4n) is 2.91. The molecule has 3 aromatic rings. The molecule has 0 saturated heterocycles. The highest BCUT2D eigenvalue weighted by Crippen LogP contribution is 2.17. The molecule has 2 aromatic carbocycles. The predicted molar refractivity (Wildman–Crippen MR) is 111 cm³/mol. The molecule has 1 aromatic heterocycles. The normalized spacial score (nSPS) is 10.2. The van der Waals surface area contributed by atoms with Gasteiger partial charge >= 0.3 is 0 Å². The van der Waals surface area contributed by atoms with Crippen LogP contribution in [0.5, 0.6) is 5.75 Å². The summed E-state index contributed by atoms with van der Waals surface area (Å²) in [7, 11) is 1.63. The number of methoxy groups -OCH3 is 1. The monoisotopic (exact) mass is 389 g/mol. The lowest BCUT2D eigenvalue weighted by atomic mass is 10.1. The molecule has 0 radical (unpaired) electrons. The zero-order valence-corrected chi connectivity index (χ0v) is 16.2. The lowest BCUT2D eigenvalue weighted by Crippen LogP contribution is -2.27. The van der Waals surface area contributed by atoms with Gasteiger partial charge in [0.2, 0.25) is 0 Å². The van der Waals surface area contributed by atoms with Gasteiger partial charge in [-0.15, -0.1) is 0 Å². The molecule has 0 bridgehead atoms. The third kappa shape index (κ3) is 5.65. The average Bonchev–Trinajstić information content (AvgIpc) is 2.78. The molecule has 3 rings (SSSR count). The summed E-state index contributed by atoms with van der Waals surface area (Å²) in [5.41, 5.74) is 2.82. The van der Waals surface area contributed by atoms with Gasteiger partial charge in [-0.2, -0.15) is 0 Å². The molecule has 0 fully saturated rings. The molecule has 0 aliphatic heterocycles. The number of aromatic nitrogens is 1. The van der Waals surface area contributed by atoms with Gasteiger partial charge in [0.15, 0.2) is 0 Å². The number of carbonyl (C=O) groups excluding carboxylic acids is 2. The van der Waals surface area contributed by atoms with Gasteiger partial charge < -0.3 is 15.4 Å². The van der Waals surface area contributed by atoms with Crippen LogP contribution in [0.3, 0.4) is 0 Å². The largest absolute Gasteiger partial charge is 0.496 e. The fraction of sp³-hybridized carbons (Fsp3) is 0.174. The number of hydrogen-bond acceptors (Lipinski definition) is 4. The lowest BCUT2D eigenvalue weighted by molar-refractivity contribution is 0.0950. The third-order valence-electron chi connectivity index (χ3n) is 4.44. The minimum Gasteiger partial charge on any atom is -0.496 e. The molecule has 6 nitrogen and oxygen atoms in total. The number of hydrogen-bond donors (Lipinski definition) is 2. The van der Waals surface area contributed by atoms with Crippen LogP contribution in [0, 0.1) is 0 Å². The van der Waals surface area contributed by atoms with E-state index in [1.54, 1.807) is 43.8 Å². The molecule has 29 heavy (non-hydrogen) atoms. The van der Waals surface area contributed by atoms with Crippen molar-refractivity contribution in [2.24, 2.45) is 0 Å². The Morgan fingerprint density at radius 3 is 2.41 bits per heavy atom. The summed E-state index contributed by atoms with van der Waals surface area (Å²) in [6.07, 6.45) is 4.04. The fourth-order valence-corrected chi connectivity index (χ4v) is 2.91. The maximum Gasteiger partial charge on any atom is 0.251 e. The van der Waals surface area contributed by atoms with Crippen molar-refractivity contribution >= 4 is 11.8 Å². The average molecular weight is 389 g/mol. The zero-order chi connectivity index (χ0) is 20.5. The molecule has 1 heterocycles. The Morgan fingerprint density at radius 2 is 1.69 bits per heavy atom. The molecule has 0 aliphatic rings. The molecule has 6 heteroatoms. The van der Waals surface area contributed by atoms with Gasteiger partial charge in [-0.3, -0.25) is 14.6 Å². The van der Waals surface area contributed by atoms with E-state index in [9.17, 15) is 9.59 Å². The van der Waals surface area contributed by atoms with Gasteiger partial charge in [0.1, 0.15) is 5.75 Å². The highest BCUT2D eigenvalue weighted by atomic mass is 16.5. The molecule has 0 unspecified atom stereocenters. The standard InChI is InChI=1S/C23H23N3O3/c1-29-21-10-3-2-7-18(21)11-13-25-22(27)19-8-4-9-20(14-19)23(28)26-16-17-6-5-12-24-15-17/h2-10,12,14-15H,11,13,16H2,1H3,(H,25,27)(H,26,28). The van der Waals surface area contributed by atoms with Gasteiger partial charge in [-0.05, 0) is 47.9 Å². The molecular weight excluding hydrogens is 366 g/mol. The first-order valence-corrected chi connectivity index (χ1v) is 9.34. The maximum atomic E-state index is 12.5. The van der Waals surface area contributed by atoms with E-state index in [4.69, 9.17) is 4.74 Å². The maximum absolute atomic E-state index is 12.5. The van der Waals surface area contributed by atoms with Gasteiger partial charge in [-0.25, -0.2) is 0 Å². The summed E-state index contributed by atoms with van der Waals surface area (Å²) in [6, 6.07) is 18.1. The Labute approximate surface area is 169 Å². The van der Waals surface area contributed by atoms with E-state index in [2.05, 4.69) is 15.6 Å². The van der Waals surface area contributed by atoms with Crippen molar-refractivity contribution in [2.75, 3.05) is 13.7 Å². The number of pyridine rings is 1. The molecule has 2 N–H and O–H groups in total. The second kappa shape index (κ2) is 10.0. The van der Waals surface area contributed by atoms with E-state index in [-0.39, 0.29) is 11.8 Å². The van der Waals surface area contributed by atoms with E-state index >= 15 is 0 Å². The molecule has 2 amide bonds. The zero-order valence-electron chi connectivity index (χ0n) is 16.2. The second-order valence-corrected chi connectivity index (χ2v) is 6.44. The van der Waals surface area contributed by atoms with E-state index in [1.807, 2.05) is 36.4 Å². The smallest absolute Gasteiger partial charge is 0.251 e. The van der Waals surface area contributed by atoms with Crippen LogP contribution in [0.15, 0.2) is 73.1 Å². The van der Waals surface area contributed by atoms with E-state index < -0.39 is 0 Å². The third-order valence-corrected chi connectivity index (χ3v) is 4.44. The van der Waals surface area contributed by atoms with E-state index in [0.29, 0.717) is 30.6 Å². The topological polar surface area (TPSA) is 80.3 Å². The van der Waals surface area contributed by atoms with Crippen LogP contribution < -0.4 is 15.4 Å². The lowest BCUT2D eigenvalue weighted by Gasteiger charge is -2.10. The van der Waals surface area contributed by atoms with Crippen LogP contribution in [0.2, 0.25) is 0 Å². The first kappa shape index (κ1) is 20.1. The Hall–Kier alpha value is -3.67. The van der Waals surface area contributed by atoms with Crippen LogP contribution in [0.1, 0.15) is 31.8 Å². The van der Waals surface area contributed by atoms with Crippen LogP contribution in [-0.2, 0) is 13.0 Å². The molecule has 0 atom stereocenters. The van der Waals surface area contributed by atoms with E-state index in [1.165, 1.54) is 0 Å². The predicted octanol–water partition coefficient (Wildman–Crippen LogP) is 2.99. The summed E-state index contributed by atoms with van der Waals surface area (Å²) in [5, 5.41) is 5.72. The number of amides is 2. The summed E-state index contributed by atoms with van der Waals surface area (Å²) in [5.74, 6) is 0.341. The number of benzene rings is 2. The van der Waals surface area contributed by atoms with Gasteiger partial charge in [0, 0.05) is 36.6 Å². The van der Waals surface area contributed by atoms with E-state index in [0.717, 1.165) is 16.9 Å². The van der Waals surface area contributed by atoms with Gasteiger partial charge in [-0.1, -0.05) is 30.3 Å². The van der Waals surface area contributed by atoms with Crippen LogP contribution >= 0.6 is 0 Å². The first-order chi connectivity index (χ1) is 14.2. The van der Waals surface area contributed by atoms with Crippen molar-refractivity contribution in [1.29, 1.82) is 0 Å². The Bertz CT molecular complexity index is 974. The van der Waals surface area contributed by atoms with Crippen molar-refractivity contribution in [1.82, 2.24) is 15.6 Å². The minimum atomic E-state index is -0.238. The molecule has 0 spiro atoms. The quantitative estimate of drug-likeness (QED) is 0.621. The number of rotatable bonds is 8. The van der Waals surface area contributed by atoms with Crippen molar-refractivity contribution in [2.45, 2.75) is 13.0 Å². The molecule has 0 aliphatic carbocycles. The minimum absolute atomic E-state index is 0.221. The SMILES string of the molecule is COc1ccccc1CCNC(=O)c1cccc(C(=O)NCc2cccnc2)c1. The summed E-state index contributed by atoms with van der Waals surface area (Å²) in [6.45, 7) is 0.846. The first-order valence-electron chi connectivity index (χ1n) is 9.34. The second-order valence-electron chi connectivity index (χ2n) is 6.44. The molecule has 0 saturated carbocycles. The highest BCUT2D eigenvalue weighted by Gasteiger charge is 2.11. The number of carbonyl (C=O) groups is 2. The van der Waals surface area contributed by atoms with Crippen molar-refractivity contribution in [3.8, 4) is 5.75 Å². The van der Waals surface area contributed by atoms with Crippen LogP contribution in [-0.4, -0.2) is 30.5 Å². The number of ether oxygens (including phenoxy) is 1. The van der Waals surface area contributed by atoms with Crippen LogP contribution in [0.25, 0.3) is 0 Å². The number of para-hydroxylation sites is 1. The van der Waals surface area contributed by atoms with Gasteiger partial charge in [0.05, 0.1) is 7.11 Å². The van der Waals surface area contributed by atoms with Crippen molar-refractivity contribution in [3.05, 3.63) is 95.3 Å². The molecular formula is C23H23N3O3. The summed E-state index contributed by atoms with van der Waals surface area (Å²) < 4.78 is 5.32. The van der Waals surface area contributed by atoms with Crippen LogP contribution in [0.4, 0.5) is 0 Å².